The summed E-state index contributed by atoms with van der Waals surface area (Å²) in [5.41, 5.74) is 2.37. The molecule has 27 heavy (non-hydrogen) atoms. The van der Waals surface area contributed by atoms with E-state index in [0.717, 1.165) is 16.1 Å². The summed E-state index contributed by atoms with van der Waals surface area (Å²) < 4.78 is 16.5. The van der Waals surface area contributed by atoms with E-state index in [1.807, 2.05) is 30.3 Å². The molecule has 0 amide bonds. The van der Waals surface area contributed by atoms with Crippen LogP contribution in [0.3, 0.4) is 0 Å². The van der Waals surface area contributed by atoms with Crippen molar-refractivity contribution in [2.24, 2.45) is 0 Å². The number of benzene rings is 2. The molecule has 1 aliphatic rings. The molecule has 0 unspecified atom stereocenters. The third-order valence-electron chi connectivity index (χ3n) is 4.03. The van der Waals surface area contributed by atoms with Crippen molar-refractivity contribution in [2.45, 2.75) is 13.5 Å². The van der Waals surface area contributed by atoms with Gasteiger partial charge in [0, 0.05) is 5.56 Å². The number of nitrogens with zero attached hydrogens (tertiary/aromatic N) is 1. The van der Waals surface area contributed by atoms with Crippen molar-refractivity contribution < 1.29 is 19.0 Å². The number of halogens is 1. The van der Waals surface area contributed by atoms with Crippen LogP contribution >= 0.6 is 22.9 Å². The summed E-state index contributed by atoms with van der Waals surface area (Å²) >= 11 is 7.55. The lowest BCUT2D eigenvalue weighted by atomic mass is 10.2. The van der Waals surface area contributed by atoms with Crippen molar-refractivity contribution in [3.8, 4) is 22.1 Å². The molecular weight excluding hydrogens is 386 g/mol. The summed E-state index contributed by atoms with van der Waals surface area (Å²) in [7, 11) is 0. The molecule has 7 heteroatoms. The average Bonchev–Trinajstić information content (AvgIpc) is 3.09. The van der Waals surface area contributed by atoms with Crippen LogP contribution in [0.5, 0.6) is 11.5 Å². The first kappa shape index (κ1) is 17.8. The van der Waals surface area contributed by atoms with Crippen LogP contribution in [0.25, 0.3) is 10.6 Å². The van der Waals surface area contributed by atoms with Crippen LogP contribution < -0.4 is 9.47 Å². The Balaban J connectivity index is 1.49. The van der Waals surface area contributed by atoms with Crippen LogP contribution in [0.2, 0.25) is 5.02 Å². The summed E-state index contributed by atoms with van der Waals surface area (Å²) in [6, 6.07) is 13.2. The highest BCUT2D eigenvalue weighted by molar-refractivity contribution is 7.17. The molecule has 0 spiro atoms. The van der Waals surface area contributed by atoms with Crippen LogP contribution in [0.1, 0.15) is 20.9 Å². The predicted molar refractivity (Wildman–Crippen MR) is 104 cm³/mol. The number of hydrogen-bond donors (Lipinski definition) is 0. The molecule has 5 nitrogen and oxygen atoms in total. The number of aromatic nitrogens is 1. The first-order chi connectivity index (χ1) is 13.1. The molecule has 0 saturated heterocycles. The SMILES string of the molecule is Cc1nc(-c2ccccc2)sc1C(=O)OCc1cc(Cl)c2c(c1)OCCO2. The summed E-state index contributed by atoms with van der Waals surface area (Å²) in [6.07, 6.45) is 0. The monoisotopic (exact) mass is 401 g/mol. The van der Waals surface area contributed by atoms with Crippen molar-refractivity contribution in [1.29, 1.82) is 0 Å². The van der Waals surface area contributed by atoms with E-state index in [1.54, 1.807) is 19.1 Å². The number of carbonyl (C=O) groups is 1. The van der Waals surface area contributed by atoms with Gasteiger partial charge in [0.1, 0.15) is 29.7 Å². The van der Waals surface area contributed by atoms with Crippen LogP contribution in [-0.2, 0) is 11.3 Å². The molecule has 0 bridgehead atoms. The van der Waals surface area contributed by atoms with Gasteiger partial charge in [0.15, 0.2) is 11.5 Å². The number of carbonyl (C=O) groups excluding carboxylic acids is 1. The lowest BCUT2D eigenvalue weighted by molar-refractivity contribution is 0.0476. The molecule has 2 heterocycles. The Morgan fingerprint density at radius 3 is 2.81 bits per heavy atom. The van der Waals surface area contributed by atoms with E-state index in [1.165, 1.54) is 11.3 Å². The first-order valence-corrected chi connectivity index (χ1v) is 9.59. The number of thiazole rings is 1. The summed E-state index contributed by atoms with van der Waals surface area (Å²) in [4.78, 5) is 17.5. The molecule has 4 rings (SSSR count). The van der Waals surface area contributed by atoms with E-state index in [4.69, 9.17) is 25.8 Å². The first-order valence-electron chi connectivity index (χ1n) is 8.40. The van der Waals surface area contributed by atoms with E-state index >= 15 is 0 Å². The Hall–Kier alpha value is -2.57. The molecule has 0 aliphatic carbocycles. The lowest BCUT2D eigenvalue weighted by Crippen LogP contribution is -2.16. The number of ether oxygens (including phenoxy) is 3. The van der Waals surface area contributed by atoms with Gasteiger partial charge in [-0.25, -0.2) is 9.78 Å². The van der Waals surface area contributed by atoms with Crippen LogP contribution in [0.15, 0.2) is 42.5 Å². The Kier molecular flexibility index (Phi) is 5.01. The second kappa shape index (κ2) is 7.58. The summed E-state index contributed by atoms with van der Waals surface area (Å²) in [5.74, 6) is 0.696. The van der Waals surface area contributed by atoms with Crippen molar-refractivity contribution in [3.63, 3.8) is 0 Å². The maximum Gasteiger partial charge on any atom is 0.350 e. The van der Waals surface area contributed by atoms with Gasteiger partial charge >= 0.3 is 5.97 Å². The Labute approximate surface area is 165 Å². The second-order valence-electron chi connectivity index (χ2n) is 5.98. The molecule has 0 atom stereocenters. The highest BCUT2D eigenvalue weighted by Crippen LogP contribution is 2.38. The third-order valence-corrected chi connectivity index (χ3v) is 5.50. The molecule has 0 saturated carbocycles. The van der Waals surface area contributed by atoms with Gasteiger partial charge in [0.2, 0.25) is 0 Å². The fraction of sp³-hybridized carbons (Fsp3) is 0.200. The maximum atomic E-state index is 12.5. The lowest BCUT2D eigenvalue weighted by Gasteiger charge is -2.20. The summed E-state index contributed by atoms with van der Waals surface area (Å²) in [5, 5.41) is 1.24. The summed E-state index contributed by atoms with van der Waals surface area (Å²) in [6.45, 7) is 2.83. The average molecular weight is 402 g/mol. The fourth-order valence-corrected chi connectivity index (χ4v) is 4.01. The second-order valence-corrected chi connectivity index (χ2v) is 7.38. The third kappa shape index (κ3) is 3.77. The number of esters is 1. The van der Waals surface area contributed by atoms with Gasteiger partial charge in [-0.2, -0.15) is 0 Å². The van der Waals surface area contributed by atoms with Crippen LogP contribution in [-0.4, -0.2) is 24.2 Å². The standard InChI is InChI=1S/C20H16ClNO4S/c1-12-18(27-19(22-12)14-5-3-2-4-6-14)20(23)26-11-13-9-15(21)17-16(10-13)24-7-8-25-17/h2-6,9-10H,7-8,11H2,1H3. The smallest absolute Gasteiger partial charge is 0.350 e. The van der Waals surface area contributed by atoms with E-state index in [-0.39, 0.29) is 6.61 Å². The molecule has 2 aromatic carbocycles. The van der Waals surface area contributed by atoms with E-state index in [2.05, 4.69) is 4.98 Å². The van der Waals surface area contributed by atoms with Gasteiger partial charge < -0.3 is 14.2 Å². The Bertz CT molecular complexity index is 987. The number of aryl methyl sites for hydroxylation is 1. The highest BCUT2D eigenvalue weighted by atomic mass is 35.5. The minimum atomic E-state index is -0.404. The van der Waals surface area contributed by atoms with Gasteiger partial charge in [-0.3, -0.25) is 0 Å². The van der Waals surface area contributed by atoms with Crippen molar-refractivity contribution in [1.82, 2.24) is 4.98 Å². The zero-order chi connectivity index (χ0) is 18.8. The van der Waals surface area contributed by atoms with Gasteiger partial charge in [-0.15, -0.1) is 11.3 Å². The van der Waals surface area contributed by atoms with Gasteiger partial charge in [-0.05, 0) is 24.6 Å². The van der Waals surface area contributed by atoms with E-state index in [0.29, 0.717) is 40.3 Å². The van der Waals surface area contributed by atoms with Gasteiger partial charge in [0.05, 0.1) is 10.7 Å². The zero-order valence-electron chi connectivity index (χ0n) is 14.5. The minimum Gasteiger partial charge on any atom is -0.486 e. The van der Waals surface area contributed by atoms with E-state index < -0.39 is 5.97 Å². The highest BCUT2D eigenvalue weighted by Gasteiger charge is 2.20. The Morgan fingerprint density at radius 1 is 1.22 bits per heavy atom. The minimum absolute atomic E-state index is 0.0905. The van der Waals surface area contributed by atoms with Crippen LogP contribution in [0, 0.1) is 6.92 Å². The van der Waals surface area contributed by atoms with Crippen molar-refractivity contribution in [2.75, 3.05) is 13.2 Å². The number of fused-ring (bicyclic) bond motifs is 1. The topological polar surface area (TPSA) is 57.7 Å². The Morgan fingerprint density at radius 2 is 2.00 bits per heavy atom. The molecule has 3 aromatic rings. The van der Waals surface area contributed by atoms with Crippen LogP contribution in [0.4, 0.5) is 0 Å². The molecule has 1 aromatic heterocycles. The molecule has 0 N–H and O–H groups in total. The molecule has 0 fully saturated rings. The molecular formula is C20H16ClNO4S. The molecule has 138 valence electrons. The predicted octanol–water partition coefficient (Wildman–Crippen LogP) is 4.90. The van der Waals surface area contributed by atoms with Crippen molar-refractivity contribution in [3.05, 3.63) is 63.6 Å². The van der Waals surface area contributed by atoms with Gasteiger partial charge in [-0.1, -0.05) is 41.9 Å². The van der Waals surface area contributed by atoms with Crippen molar-refractivity contribution >= 4 is 28.9 Å². The van der Waals surface area contributed by atoms with E-state index in [9.17, 15) is 4.79 Å². The number of rotatable bonds is 4. The largest absolute Gasteiger partial charge is 0.486 e. The number of hydrogen-bond acceptors (Lipinski definition) is 6. The zero-order valence-corrected chi connectivity index (χ0v) is 16.1. The quantitative estimate of drug-likeness (QED) is 0.582. The maximum absolute atomic E-state index is 12.5. The molecule has 1 aliphatic heterocycles. The van der Waals surface area contributed by atoms with Gasteiger partial charge in [0.25, 0.3) is 0 Å². The normalized spacial score (nSPS) is 12.7. The fourth-order valence-electron chi connectivity index (χ4n) is 2.75. The molecule has 0 radical (unpaired) electrons.